The molecular formula is C16H15FN2O6S. The van der Waals surface area contributed by atoms with E-state index in [9.17, 15) is 22.4 Å². The highest BCUT2D eigenvalue weighted by Crippen LogP contribution is 2.16. The predicted octanol–water partition coefficient (Wildman–Crippen LogP) is 1.28. The first-order valence-electron chi connectivity index (χ1n) is 7.14. The second-order valence-electron chi connectivity index (χ2n) is 5.04. The van der Waals surface area contributed by atoms with E-state index in [0.29, 0.717) is 11.4 Å². The molecule has 0 saturated heterocycles. The van der Waals surface area contributed by atoms with Crippen LogP contribution in [0.15, 0.2) is 47.4 Å². The van der Waals surface area contributed by atoms with Crippen molar-refractivity contribution in [2.45, 2.75) is 4.90 Å². The molecule has 10 heteroatoms. The van der Waals surface area contributed by atoms with Crippen molar-refractivity contribution >= 4 is 27.6 Å². The Hall–Kier alpha value is -2.98. The summed E-state index contributed by atoms with van der Waals surface area (Å²) >= 11 is 0. The Morgan fingerprint density at radius 2 is 1.81 bits per heavy atom. The van der Waals surface area contributed by atoms with E-state index in [1.807, 2.05) is 0 Å². The molecule has 8 nitrogen and oxygen atoms in total. The second-order valence-corrected chi connectivity index (χ2v) is 6.60. The van der Waals surface area contributed by atoms with Crippen LogP contribution in [0.25, 0.3) is 0 Å². The van der Waals surface area contributed by atoms with Crippen molar-refractivity contribution < 1.29 is 31.9 Å². The van der Waals surface area contributed by atoms with Crippen molar-refractivity contribution in [2.75, 3.05) is 19.0 Å². The Bertz CT molecular complexity index is 928. The summed E-state index contributed by atoms with van der Waals surface area (Å²) in [5.74, 6) is -2.26. The minimum Gasteiger partial charge on any atom is -0.497 e. The lowest BCUT2D eigenvalue weighted by Gasteiger charge is -2.08. The Morgan fingerprint density at radius 1 is 1.15 bits per heavy atom. The zero-order chi connectivity index (χ0) is 19.3. The van der Waals surface area contributed by atoms with Gasteiger partial charge in [-0.15, -0.1) is 0 Å². The molecule has 3 N–H and O–H groups in total. The number of rotatable bonds is 6. The fourth-order valence-corrected chi connectivity index (χ4v) is 2.46. The number of methoxy groups -OCH3 is 1. The number of carbonyl (C=O) groups is 2. The van der Waals surface area contributed by atoms with E-state index in [1.54, 1.807) is 24.3 Å². The fourth-order valence-electron chi connectivity index (χ4n) is 1.92. The van der Waals surface area contributed by atoms with Crippen LogP contribution in [0.4, 0.5) is 10.1 Å². The number of sulfonamides is 1. The number of ether oxygens (including phenoxy) is 2. The highest BCUT2D eigenvalue weighted by atomic mass is 32.2. The third kappa shape index (κ3) is 5.01. The molecule has 138 valence electrons. The molecule has 0 unspecified atom stereocenters. The monoisotopic (exact) mass is 382 g/mol. The second kappa shape index (κ2) is 7.93. The molecule has 0 aromatic heterocycles. The van der Waals surface area contributed by atoms with Gasteiger partial charge in [0.05, 0.1) is 17.6 Å². The average Bonchev–Trinajstić information content (AvgIpc) is 2.59. The summed E-state index contributed by atoms with van der Waals surface area (Å²) in [5, 5.41) is 7.40. The number of nitrogens with two attached hydrogens (primary N) is 1. The summed E-state index contributed by atoms with van der Waals surface area (Å²) in [6.45, 7) is -0.691. The van der Waals surface area contributed by atoms with Crippen LogP contribution in [0.3, 0.4) is 0 Å². The van der Waals surface area contributed by atoms with Gasteiger partial charge in [0.25, 0.3) is 5.91 Å². The number of anilines is 1. The van der Waals surface area contributed by atoms with Crippen molar-refractivity contribution in [1.82, 2.24) is 0 Å². The molecule has 2 aromatic rings. The lowest BCUT2D eigenvalue weighted by Crippen LogP contribution is -2.21. The molecule has 0 aliphatic heterocycles. The zero-order valence-corrected chi connectivity index (χ0v) is 14.4. The van der Waals surface area contributed by atoms with Gasteiger partial charge in [0.2, 0.25) is 10.0 Å². The molecule has 0 heterocycles. The first-order chi connectivity index (χ1) is 12.2. The van der Waals surface area contributed by atoms with Crippen LogP contribution in [-0.4, -0.2) is 34.0 Å². The maximum absolute atomic E-state index is 13.7. The van der Waals surface area contributed by atoms with Crippen LogP contribution in [-0.2, 0) is 19.6 Å². The molecule has 0 atom stereocenters. The van der Waals surface area contributed by atoms with E-state index in [-0.39, 0.29) is 0 Å². The quantitative estimate of drug-likeness (QED) is 0.725. The van der Waals surface area contributed by atoms with Gasteiger partial charge in [-0.05, 0) is 42.5 Å². The summed E-state index contributed by atoms with van der Waals surface area (Å²) < 4.78 is 45.9. The number of hydrogen-bond acceptors (Lipinski definition) is 6. The molecular weight excluding hydrogens is 367 g/mol. The summed E-state index contributed by atoms with van der Waals surface area (Å²) in [6, 6.07) is 8.83. The molecule has 2 rings (SSSR count). The first kappa shape index (κ1) is 19.3. The van der Waals surface area contributed by atoms with Gasteiger partial charge in [0.15, 0.2) is 6.61 Å². The van der Waals surface area contributed by atoms with E-state index in [4.69, 9.17) is 14.6 Å². The number of primary sulfonamides is 1. The summed E-state index contributed by atoms with van der Waals surface area (Å²) in [7, 11) is -2.62. The smallest absolute Gasteiger partial charge is 0.341 e. The van der Waals surface area contributed by atoms with Crippen LogP contribution in [0.1, 0.15) is 10.4 Å². The van der Waals surface area contributed by atoms with Crippen LogP contribution < -0.4 is 15.2 Å². The van der Waals surface area contributed by atoms with Crippen LogP contribution in [0, 0.1) is 5.82 Å². The molecule has 0 radical (unpaired) electrons. The first-order valence-corrected chi connectivity index (χ1v) is 8.68. The van der Waals surface area contributed by atoms with E-state index in [1.165, 1.54) is 7.11 Å². The topological polar surface area (TPSA) is 125 Å². The molecule has 0 bridgehead atoms. The van der Waals surface area contributed by atoms with Gasteiger partial charge in [-0.3, -0.25) is 4.79 Å². The molecule has 0 aliphatic carbocycles. The summed E-state index contributed by atoms with van der Waals surface area (Å²) in [5.41, 5.74) is -0.206. The summed E-state index contributed by atoms with van der Waals surface area (Å²) in [4.78, 5) is 23.2. The van der Waals surface area contributed by atoms with E-state index < -0.39 is 44.8 Å². The highest BCUT2D eigenvalue weighted by molar-refractivity contribution is 7.89. The lowest BCUT2D eigenvalue weighted by atomic mass is 10.2. The van der Waals surface area contributed by atoms with Gasteiger partial charge in [0.1, 0.15) is 11.6 Å². The molecule has 2 aromatic carbocycles. The molecule has 0 saturated carbocycles. The molecule has 0 fully saturated rings. The van der Waals surface area contributed by atoms with Crippen LogP contribution in [0.5, 0.6) is 5.75 Å². The maximum atomic E-state index is 13.7. The SMILES string of the molecule is COc1ccc(NC(=O)COC(=O)c2cc(S(N)(=O)=O)ccc2F)cc1. The Morgan fingerprint density at radius 3 is 2.38 bits per heavy atom. The van der Waals surface area contributed by atoms with Gasteiger partial charge in [-0.2, -0.15) is 0 Å². The normalized spacial score (nSPS) is 10.9. The summed E-state index contributed by atoms with van der Waals surface area (Å²) in [6.07, 6.45) is 0. The number of amides is 1. The van der Waals surface area contributed by atoms with Gasteiger partial charge < -0.3 is 14.8 Å². The van der Waals surface area contributed by atoms with Crippen molar-refractivity contribution in [3.05, 3.63) is 53.8 Å². The standard InChI is InChI=1S/C16H15FN2O6S/c1-24-11-4-2-10(3-5-11)19-15(20)9-25-16(21)13-8-12(26(18,22)23)6-7-14(13)17/h2-8H,9H2,1H3,(H,19,20)(H2,18,22,23). The van der Waals surface area contributed by atoms with Gasteiger partial charge in [-0.25, -0.2) is 22.7 Å². The molecule has 0 aliphatic rings. The molecule has 1 amide bonds. The van der Waals surface area contributed by atoms with Gasteiger partial charge >= 0.3 is 5.97 Å². The number of halogens is 1. The number of esters is 1. The van der Waals surface area contributed by atoms with Crippen molar-refractivity contribution in [1.29, 1.82) is 0 Å². The number of carbonyl (C=O) groups excluding carboxylic acids is 2. The fraction of sp³-hybridized carbons (Fsp3) is 0.125. The Labute approximate surface area is 148 Å². The average molecular weight is 382 g/mol. The minimum absolute atomic E-state index is 0.439. The third-order valence-electron chi connectivity index (χ3n) is 3.19. The van der Waals surface area contributed by atoms with Crippen LogP contribution >= 0.6 is 0 Å². The van der Waals surface area contributed by atoms with Gasteiger partial charge in [0, 0.05) is 5.69 Å². The number of hydrogen-bond donors (Lipinski definition) is 2. The van der Waals surface area contributed by atoms with Crippen molar-refractivity contribution in [3.63, 3.8) is 0 Å². The number of benzene rings is 2. The minimum atomic E-state index is -4.12. The van der Waals surface area contributed by atoms with Crippen molar-refractivity contribution in [3.8, 4) is 5.75 Å². The van der Waals surface area contributed by atoms with Gasteiger partial charge in [-0.1, -0.05) is 0 Å². The molecule has 0 spiro atoms. The van der Waals surface area contributed by atoms with Crippen molar-refractivity contribution in [2.24, 2.45) is 5.14 Å². The highest BCUT2D eigenvalue weighted by Gasteiger charge is 2.19. The maximum Gasteiger partial charge on any atom is 0.341 e. The Balaban J connectivity index is 2.00. The van der Waals surface area contributed by atoms with E-state index in [2.05, 4.69) is 5.32 Å². The van der Waals surface area contributed by atoms with Crippen LogP contribution in [0.2, 0.25) is 0 Å². The molecule has 26 heavy (non-hydrogen) atoms. The lowest BCUT2D eigenvalue weighted by molar-refractivity contribution is -0.119. The largest absolute Gasteiger partial charge is 0.497 e. The van der Waals surface area contributed by atoms with E-state index in [0.717, 1.165) is 18.2 Å². The third-order valence-corrected chi connectivity index (χ3v) is 4.11. The zero-order valence-electron chi connectivity index (χ0n) is 13.6. The van der Waals surface area contributed by atoms with E-state index >= 15 is 0 Å². The Kier molecular flexibility index (Phi) is 5.90. The predicted molar refractivity (Wildman–Crippen MR) is 89.7 cm³/mol. The number of nitrogens with one attached hydrogen (secondary N) is 1.